The summed E-state index contributed by atoms with van der Waals surface area (Å²) in [4.78, 5) is 0. The first kappa shape index (κ1) is 8.75. The molecule has 0 amide bonds. The van der Waals surface area contributed by atoms with E-state index < -0.39 is 18.1 Å². The number of hydrogen-bond donors (Lipinski definition) is 1. The van der Waals surface area contributed by atoms with Crippen molar-refractivity contribution in [1.29, 1.82) is 0 Å². The molecule has 0 radical (unpaired) electrons. The molecule has 0 saturated carbocycles. The lowest BCUT2D eigenvalue weighted by molar-refractivity contribution is 0.0146. The summed E-state index contributed by atoms with van der Waals surface area (Å²) in [7, 11) is 0. The highest BCUT2D eigenvalue weighted by atomic mass is 19.3. The second-order valence-electron chi connectivity index (χ2n) is 2.56. The summed E-state index contributed by atoms with van der Waals surface area (Å²) in [6, 6.07) is 0. The van der Waals surface area contributed by atoms with Crippen LogP contribution in [0, 0.1) is 0 Å². The summed E-state index contributed by atoms with van der Waals surface area (Å²) in [6.45, 7) is 2.45. The molecule has 0 heterocycles. The Bertz CT molecular complexity index is 86.7. The Morgan fingerprint density at radius 3 is 1.56 bits per heavy atom. The first-order valence-corrected chi connectivity index (χ1v) is 2.57. The van der Waals surface area contributed by atoms with Crippen molar-refractivity contribution in [3.05, 3.63) is 0 Å². The van der Waals surface area contributed by atoms with Gasteiger partial charge in [0.2, 0.25) is 0 Å². The number of nitrogens with two attached hydrogens (primary N) is 1. The van der Waals surface area contributed by atoms with Crippen LogP contribution in [-0.2, 0) is 0 Å². The highest BCUT2D eigenvalue weighted by Gasteiger charge is 2.32. The van der Waals surface area contributed by atoms with Crippen LogP contribution in [0.2, 0.25) is 0 Å². The maximum absolute atomic E-state index is 12.2. The lowest BCUT2D eigenvalue weighted by Gasteiger charge is -2.22. The van der Waals surface area contributed by atoms with Crippen LogP contribution in [0.25, 0.3) is 0 Å². The van der Waals surface area contributed by atoms with Gasteiger partial charge in [0.1, 0.15) is 0 Å². The molecule has 0 aliphatic carbocycles. The van der Waals surface area contributed by atoms with Gasteiger partial charge in [-0.05, 0) is 13.8 Å². The van der Waals surface area contributed by atoms with Gasteiger partial charge in [0.25, 0.3) is 6.43 Å². The Balaban J connectivity index is 3.88. The minimum atomic E-state index is -2.98. The van der Waals surface area contributed by atoms with Gasteiger partial charge in [0.05, 0.1) is 0 Å². The van der Waals surface area contributed by atoms with Crippen molar-refractivity contribution in [2.75, 3.05) is 0 Å². The standard InChI is InChI=1S/C5H10F3N/c1-5(2,9)3(6)4(7)8/h3-4H,9H2,1-2H3. The van der Waals surface area contributed by atoms with Gasteiger partial charge in [-0.3, -0.25) is 0 Å². The summed E-state index contributed by atoms with van der Waals surface area (Å²) in [5, 5.41) is 0. The Morgan fingerprint density at radius 2 is 1.56 bits per heavy atom. The Morgan fingerprint density at radius 1 is 1.22 bits per heavy atom. The van der Waals surface area contributed by atoms with E-state index in [2.05, 4.69) is 0 Å². The van der Waals surface area contributed by atoms with Crippen molar-refractivity contribution in [3.8, 4) is 0 Å². The number of alkyl halides is 3. The first-order valence-electron chi connectivity index (χ1n) is 2.57. The molecule has 0 aromatic heterocycles. The smallest absolute Gasteiger partial charge is 0.271 e. The van der Waals surface area contributed by atoms with E-state index in [-0.39, 0.29) is 0 Å². The third-order valence-electron chi connectivity index (χ3n) is 0.932. The topological polar surface area (TPSA) is 26.0 Å². The van der Waals surface area contributed by atoms with Crippen molar-refractivity contribution in [2.24, 2.45) is 5.73 Å². The molecule has 0 aliphatic heterocycles. The molecule has 1 nitrogen and oxygen atoms in total. The molecular formula is C5H10F3N. The van der Waals surface area contributed by atoms with Gasteiger partial charge >= 0.3 is 0 Å². The summed E-state index contributed by atoms with van der Waals surface area (Å²) in [5.74, 6) is 0. The SMILES string of the molecule is CC(C)(N)C(F)C(F)F. The monoisotopic (exact) mass is 141 g/mol. The molecule has 0 fully saturated rings. The van der Waals surface area contributed by atoms with Crippen molar-refractivity contribution in [1.82, 2.24) is 0 Å². The van der Waals surface area contributed by atoms with Gasteiger partial charge in [-0.2, -0.15) is 0 Å². The minimum absolute atomic E-state index is 1.23. The summed E-state index contributed by atoms with van der Waals surface area (Å²) in [6.07, 6.45) is -5.22. The van der Waals surface area contributed by atoms with E-state index in [0.29, 0.717) is 0 Å². The van der Waals surface area contributed by atoms with Gasteiger partial charge < -0.3 is 5.73 Å². The number of halogens is 3. The van der Waals surface area contributed by atoms with Crippen LogP contribution in [0.4, 0.5) is 13.2 Å². The zero-order chi connectivity index (χ0) is 7.65. The van der Waals surface area contributed by atoms with Gasteiger partial charge in [-0.1, -0.05) is 0 Å². The lowest BCUT2D eigenvalue weighted by atomic mass is 10.0. The summed E-state index contributed by atoms with van der Waals surface area (Å²) in [5.41, 5.74) is 3.59. The molecule has 0 aromatic rings. The van der Waals surface area contributed by atoms with Crippen molar-refractivity contribution in [2.45, 2.75) is 32.0 Å². The fourth-order valence-corrected chi connectivity index (χ4v) is 0.325. The normalized spacial score (nSPS) is 16.3. The van der Waals surface area contributed by atoms with E-state index in [1.54, 1.807) is 0 Å². The Hall–Kier alpha value is -0.250. The van der Waals surface area contributed by atoms with Crippen LogP contribution in [0.1, 0.15) is 13.8 Å². The average molecular weight is 141 g/mol. The van der Waals surface area contributed by atoms with Crippen molar-refractivity contribution < 1.29 is 13.2 Å². The zero-order valence-electron chi connectivity index (χ0n) is 5.37. The molecule has 1 atom stereocenters. The van der Waals surface area contributed by atoms with Gasteiger partial charge in [-0.25, -0.2) is 13.2 Å². The predicted molar refractivity (Wildman–Crippen MR) is 29.2 cm³/mol. The van der Waals surface area contributed by atoms with Crippen LogP contribution in [-0.4, -0.2) is 18.1 Å². The maximum Gasteiger partial charge on any atom is 0.271 e. The molecule has 56 valence electrons. The molecule has 0 bridgehead atoms. The molecule has 0 aliphatic rings. The number of hydrogen-bond acceptors (Lipinski definition) is 1. The predicted octanol–water partition coefficient (Wildman–Crippen LogP) is 1.33. The average Bonchev–Trinajstić information content (AvgIpc) is 1.62. The largest absolute Gasteiger partial charge is 0.323 e. The van der Waals surface area contributed by atoms with Crippen molar-refractivity contribution in [3.63, 3.8) is 0 Å². The third-order valence-corrected chi connectivity index (χ3v) is 0.932. The molecule has 4 heteroatoms. The fourth-order valence-electron chi connectivity index (χ4n) is 0.325. The summed E-state index contributed by atoms with van der Waals surface area (Å²) >= 11 is 0. The van der Waals surface area contributed by atoms with E-state index in [1.807, 2.05) is 0 Å². The molecule has 0 rings (SSSR count). The Labute approximate surface area is 52.0 Å². The second-order valence-corrected chi connectivity index (χ2v) is 2.56. The van der Waals surface area contributed by atoms with E-state index >= 15 is 0 Å². The fraction of sp³-hybridized carbons (Fsp3) is 1.00. The second kappa shape index (κ2) is 2.56. The van der Waals surface area contributed by atoms with Crippen LogP contribution < -0.4 is 5.73 Å². The third kappa shape index (κ3) is 2.70. The van der Waals surface area contributed by atoms with Crippen molar-refractivity contribution >= 4 is 0 Å². The van der Waals surface area contributed by atoms with Crippen LogP contribution in [0.5, 0.6) is 0 Å². The van der Waals surface area contributed by atoms with E-state index in [0.717, 1.165) is 0 Å². The van der Waals surface area contributed by atoms with Gasteiger partial charge in [-0.15, -0.1) is 0 Å². The highest BCUT2D eigenvalue weighted by Crippen LogP contribution is 2.16. The molecule has 1 unspecified atom stereocenters. The van der Waals surface area contributed by atoms with Crippen LogP contribution in [0.15, 0.2) is 0 Å². The van der Waals surface area contributed by atoms with Crippen LogP contribution in [0.3, 0.4) is 0 Å². The van der Waals surface area contributed by atoms with Crippen LogP contribution >= 0.6 is 0 Å². The quantitative estimate of drug-likeness (QED) is 0.616. The molecule has 9 heavy (non-hydrogen) atoms. The summed E-state index contributed by atoms with van der Waals surface area (Å²) < 4.78 is 35.1. The van der Waals surface area contributed by atoms with Gasteiger partial charge in [0.15, 0.2) is 6.17 Å². The molecule has 0 saturated heterocycles. The molecule has 2 N–H and O–H groups in total. The Kier molecular flexibility index (Phi) is 2.49. The number of rotatable bonds is 2. The van der Waals surface area contributed by atoms with E-state index in [1.165, 1.54) is 13.8 Å². The molecular weight excluding hydrogens is 131 g/mol. The lowest BCUT2D eigenvalue weighted by Crippen LogP contribution is -2.46. The van der Waals surface area contributed by atoms with Gasteiger partial charge in [0, 0.05) is 5.54 Å². The first-order chi connectivity index (χ1) is 3.85. The molecule has 0 aromatic carbocycles. The minimum Gasteiger partial charge on any atom is -0.323 e. The highest BCUT2D eigenvalue weighted by molar-refractivity contribution is 4.83. The zero-order valence-corrected chi connectivity index (χ0v) is 5.37. The molecule has 0 spiro atoms. The maximum atomic E-state index is 12.2. The van der Waals surface area contributed by atoms with E-state index in [4.69, 9.17) is 5.73 Å². The van der Waals surface area contributed by atoms with E-state index in [9.17, 15) is 13.2 Å².